The van der Waals surface area contributed by atoms with Crippen LogP contribution in [-0.4, -0.2) is 79.7 Å². The molecule has 3 heterocycles. The van der Waals surface area contributed by atoms with Crippen molar-refractivity contribution >= 4 is 42.8 Å². The lowest BCUT2D eigenvalue weighted by atomic mass is 9.99. The van der Waals surface area contributed by atoms with Crippen LogP contribution < -0.4 is 10.6 Å². The number of ether oxygens (including phenoxy) is 3. The molecule has 2 bridgehead atoms. The largest absolute Gasteiger partial charge is 0.414 e. The average molecular weight is 681 g/mol. The van der Waals surface area contributed by atoms with Crippen molar-refractivity contribution in [2.24, 2.45) is 17.3 Å². The van der Waals surface area contributed by atoms with Crippen LogP contribution in [0.25, 0.3) is 10.2 Å². The van der Waals surface area contributed by atoms with E-state index in [0.29, 0.717) is 25.0 Å². The highest BCUT2D eigenvalue weighted by molar-refractivity contribution is 7.89. The smallest absolute Gasteiger partial charge is 0.412 e. The highest BCUT2D eigenvalue weighted by atomic mass is 32.2. The average Bonchev–Trinajstić information content (AvgIpc) is 3.89. The number of benzene rings is 2. The van der Waals surface area contributed by atoms with Gasteiger partial charge in [-0.2, -0.15) is 4.31 Å². The van der Waals surface area contributed by atoms with E-state index in [9.17, 15) is 18.3 Å². The van der Waals surface area contributed by atoms with Gasteiger partial charge in [0.1, 0.15) is 5.76 Å². The summed E-state index contributed by atoms with van der Waals surface area (Å²) >= 11 is 1.45. The van der Waals surface area contributed by atoms with Crippen molar-refractivity contribution < 1.29 is 32.5 Å². The number of aliphatic hydroxyl groups is 1. The first-order chi connectivity index (χ1) is 22.6. The van der Waals surface area contributed by atoms with E-state index in [1.807, 2.05) is 30.3 Å². The molecule has 3 aromatic rings. The number of alkyl carbamates (subject to hydrolysis) is 1. The van der Waals surface area contributed by atoms with Gasteiger partial charge in [-0.3, -0.25) is 0 Å². The molecule has 47 heavy (non-hydrogen) atoms. The summed E-state index contributed by atoms with van der Waals surface area (Å²) in [5.74, 6) is 0.699. The standard InChI is InChI=1S/C34H40N4O7S2/c1-34(11-12-34)19-38(47(41,42)23-9-10-26-29(15-23)46-32(36-26)35-22-7-8-22)16-28(39)27(13-20-5-3-2-4-6-20)37-33(40)45-30-21-14-24-25(30)18-44-31(24)43-17-21/h2-6,9-10,15,21-22,24,27-28,31,39H,7-8,11-14,16-19H2,1H3,(H,35,36)(H,37,40)/t21?,24?,27-,28+,31?/m0/s1. The second-order valence-corrected chi connectivity index (χ2v) is 17.0. The van der Waals surface area contributed by atoms with Gasteiger partial charge in [0.15, 0.2) is 11.4 Å². The molecular weight excluding hydrogens is 641 g/mol. The number of carbonyl (C=O) groups is 1. The number of anilines is 1. The normalized spacial score (nSPS) is 25.6. The van der Waals surface area contributed by atoms with Crippen LogP contribution in [0.5, 0.6) is 0 Å². The van der Waals surface area contributed by atoms with E-state index in [2.05, 4.69) is 22.5 Å². The van der Waals surface area contributed by atoms with Gasteiger partial charge in [-0.05, 0) is 67.7 Å². The van der Waals surface area contributed by atoms with E-state index in [1.165, 1.54) is 15.6 Å². The molecule has 250 valence electrons. The summed E-state index contributed by atoms with van der Waals surface area (Å²) in [5.41, 5.74) is 2.44. The highest BCUT2D eigenvalue weighted by Gasteiger charge is 2.49. The zero-order valence-electron chi connectivity index (χ0n) is 26.3. The van der Waals surface area contributed by atoms with Crippen molar-refractivity contribution in [2.75, 3.05) is 31.6 Å². The molecule has 5 aliphatic rings. The summed E-state index contributed by atoms with van der Waals surface area (Å²) in [6.07, 6.45) is 2.99. The second-order valence-electron chi connectivity index (χ2n) is 14.0. The van der Waals surface area contributed by atoms with Crippen LogP contribution in [0, 0.1) is 17.3 Å². The van der Waals surface area contributed by atoms with E-state index in [4.69, 9.17) is 14.2 Å². The van der Waals surface area contributed by atoms with Gasteiger partial charge in [-0.1, -0.05) is 48.6 Å². The molecule has 0 spiro atoms. The number of sulfonamides is 1. The van der Waals surface area contributed by atoms with Crippen molar-refractivity contribution in [3.05, 3.63) is 65.4 Å². The summed E-state index contributed by atoms with van der Waals surface area (Å²) < 4.78 is 48.1. The van der Waals surface area contributed by atoms with E-state index < -0.39 is 28.3 Å². The number of aliphatic hydroxyl groups excluding tert-OH is 1. The maximum absolute atomic E-state index is 14.3. The third kappa shape index (κ3) is 6.53. The number of hydrogen-bond acceptors (Lipinski definition) is 10. The number of fused-ring (bicyclic) bond motifs is 2. The quantitative estimate of drug-likeness (QED) is 0.236. The molecule has 0 radical (unpaired) electrons. The molecule has 1 aromatic heterocycles. The molecule has 11 nitrogen and oxygen atoms in total. The Bertz CT molecular complexity index is 1800. The van der Waals surface area contributed by atoms with Gasteiger partial charge in [0, 0.05) is 36.5 Å². The van der Waals surface area contributed by atoms with Gasteiger partial charge in [-0.25, -0.2) is 18.2 Å². The first-order valence-corrected chi connectivity index (χ1v) is 18.7. The Hall–Kier alpha value is -3.07. The summed E-state index contributed by atoms with van der Waals surface area (Å²) in [5, 5.41) is 18.8. The monoisotopic (exact) mass is 680 g/mol. The molecule has 3 aliphatic carbocycles. The first kappa shape index (κ1) is 31.2. The van der Waals surface area contributed by atoms with Crippen LogP contribution >= 0.6 is 11.3 Å². The maximum atomic E-state index is 14.3. The van der Waals surface area contributed by atoms with Crippen molar-refractivity contribution in [3.63, 3.8) is 0 Å². The van der Waals surface area contributed by atoms with Crippen molar-refractivity contribution in [3.8, 4) is 0 Å². The lowest BCUT2D eigenvalue weighted by Crippen LogP contribution is -2.51. The Morgan fingerprint density at radius 3 is 2.77 bits per heavy atom. The van der Waals surface area contributed by atoms with Crippen LogP contribution in [0.4, 0.5) is 9.93 Å². The van der Waals surface area contributed by atoms with Crippen molar-refractivity contribution in [1.82, 2.24) is 14.6 Å². The molecule has 2 saturated carbocycles. The third-order valence-corrected chi connectivity index (χ3v) is 12.8. The van der Waals surface area contributed by atoms with Crippen LogP contribution in [0.1, 0.15) is 44.6 Å². The Morgan fingerprint density at radius 2 is 2.00 bits per heavy atom. The van der Waals surface area contributed by atoms with Gasteiger partial charge >= 0.3 is 6.09 Å². The maximum Gasteiger partial charge on any atom is 0.412 e. The van der Waals surface area contributed by atoms with Gasteiger partial charge < -0.3 is 30.0 Å². The Kier molecular flexibility index (Phi) is 8.05. The van der Waals surface area contributed by atoms with Gasteiger partial charge in [0.2, 0.25) is 10.0 Å². The number of thiazole rings is 1. The molecular formula is C34H40N4O7S2. The van der Waals surface area contributed by atoms with Gasteiger partial charge in [-0.15, -0.1) is 0 Å². The van der Waals surface area contributed by atoms with Crippen LogP contribution in [0.2, 0.25) is 0 Å². The number of aromatic nitrogens is 1. The molecule has 4 fully saturated rings. The highest BCUT2D eigenvalue weighted by Crippen LogP contribution is 2.48. The zero-order chi connectivity index (χ0) is 32.3. The predicted molar refractivity (Wildman–Crippen MR) is 176 cm³/mol. The summed E-state index contributed by atoms with van der Waals surface area (Å²) in [7, 11) is -4.00. The number of nitrogens with zero attached hydrogens (tertiary/aromatic N) is 2. The number of carbonyl (C=O) groups excluding carboxylic acids is 1. The second kappa shape index (κ2) is 12.1. The Labute approximate surface area is 278 Å². The molecule has 3 unspecified atom stereocenters. The number of amides is 1. The minimum absolute atomic E-state index is 0.00484. The molecule has 2 aromatic carbocycles. The summed E-state index contributed by atoms with van der Waals surface area (Å²) in [4.78, 5) is 18.2. The predicted octanol–water partition coefficient (Wildman–Crippen LogP) is 4.64. The van der Waals surface area contributed by atoms with E-state index in [0.717, 1.165) is 58.6 Å². The fourth-order valence-electron chi connectivity index (χ4n) is 6.90. The molecule has 2 aliphatic heterocycles. The number of hydrogen-bond donors (Lipinski definition) is 3. The molecule has 5 atom stereocenters. The third-order valence-electron chi connectivity index (χ3n) is 10.1. The zero-order valence-corrected chi connectivity index (χ0v) is 27.9. The fourth-order valence-corrected chi connectivity index (χ4v) is 9.59. The lowest BCUT2D eigenvalue weighted by Gasteiger charge is -2.31. The lowest BCUT2D eigenvalue weighted by molar-refractivity contribution is -0.161. The van der Waals surface area contributed by atoms with Crippen molar-refractivity contribution in [1.29, 1.82) is 0 Å². The number of rotatable bonds is 13. The topological polar surface area (TPSA) is 139 Å². The van der Waals surface area contributed by atoms with Gasteiger partial charge in [0.25, 0.3) is 0 Å². The van der Waals surface area contributed by atoms with Crippen LogP contribution in [0.15, 0.2) is 64.8 Å². The SMILES string of the molecule is CC1(CN(C[C@@H](O)[C@H](Cc2ccccc2)NC(=O)OC2=C3COC4OCC2CC34)S(=O)(=O)c2ccc3nc(NC4CC4)sc3c2)CC1. The number of nitrogens with one attached hydrogen (secondary N) is 2. The summed E-state index contributed by atoms with van der Waals surface area (Å²) in [6.45, 7) is 2.95. The van der Waals surface area contributed by atoms with Crippen molar-refractivity contribution in [2.45, 2.75) is 74.8 Å². The Morgan fingerprint density at radius 1 is 1.19 bits per heavy atom. The first-order valence-electron chi connectivity index (χ1n) is 16.5. The van der Waals surface area contributed by atoms with E-state index >= 15 is 0 Å². The molecule has 8 rings (SSSR count). The molecule has 2 saturated heterocycles. The Balaban J connectivity index is 1.03. The minimum atomic E-state index is -4.00. The molecule has 3 N–H and O–H groups in total. The molecule has 1 amide bonds. The van der Waals surface area contributed by atoms with E-state index in [-0.39, 0.29) is 47.9 Å². The molecule has 13 heteroatoms. The fraction of sp³-hybridized carbons (Fsp3) is 0.529. The van der Waals surface area contributed by atoms with Gasteiger partial charge in [0.05, 0.1) is 40.5 Å². The van der Waals surface area contributed by atoms with E-state index in [1.54, 1.807) is 18.2 Å². The summed E-state index contributed by atoms with van der Waals surface area (Å²) in [6, 6.07) is 14.2. The van der Waals surface area contributed by atoms with Crippen LogP contribution in [0.3, 0.4) is 0 Å². The van der Waals surface area contributed by atoms with Crippen LogP contribution in [-0.2, 0) is 30.7 Å². The minimum Gasteiger partial charge on any atom is -0.414 e.